The second-order valence-corrected chi connectivity index (χ2v) is 8.06. The average molecular weight is 369 g/mol. The predicted molar refractivity (Wildman–Crippen MR) is 103 cm³/mol. The third-order valence-corrected chi connectivity index (χ3v) is 6.10. The summed E-state index contributed by atoms with van der Waals surface area (Å²) in [6, 6.07) is 6.44. The highest BCUT2D eigenvalue weighted by molar-refractivity contribution is 7.09. The van der Waals surface area contributed by atoms with E-state index in [1.807, 2.05) is 19.9 Å². The lowest BCUT2D eigenvalue weighted by molar-refractivity contribution is 0.0604. The zero-order valence-corrected chi connectivity index (χ0v) is 16.0. The number of aryl methyl sites for hydroxylation is 3. The van der Waals surface area contributed by atoms with Crippen LogP contribution in [0.2, 0.25) is 0 Å². The van der Waals surface area contributed by atoms with Gasteiger partial charge in [-0.15, -0.1) is 11.3 Å². The number of carbonyl (C=O) groups excluding carboxylic acids is 1. The van der Waals surface area contributed by atoms with Crippen LogP contribution in [0.15, 0.2) is 28.1 Å². The summed E-state index contributed by atoms with van der Waals surface area (Å²) in [6.45, 7) is 4.57. The number of fused-ring (bicyclic) bond motifs is 1. The molecule has 1 saturated heterocycles. The molecule has 3 aromatic heterocycles. The number of thiophene rings is 1. The van der Waals surface area contributed by atoms with Crippen LogP contribution < -0.4 is 0 Å². The Balaban J connectivity index is 1.62. The van der Waals surface area contributed by atoms with E-state index in [1.165, 1.54) is 11.3 Å². The van der Waals surface area contributed by atoms with Crippen molar-refractivity contribution in [2.24, 2.45) is 0 Å². The van der Waals surface area contributed by atoms with Gasteiger partial charge in [0.05, 0.1) is 16.6 Å². The number of amides is 1. The number of nitrogens with zero attached hydrogens (tertiary/aromatic N) is 3. The van der Waals surface area contributed by atoms with Gasteiger partial charge < -0.3 is 9.42 Å². The van der Waals surface area contributed by atoms with Crippen molar-refractivity contribution in [3.8, 4) is 0 Å². The number of hydrogen-bond acceptors (Lipinski definition) is 5. The Morgan fingerprint density at radius 3 is 3.08 bits per heavy atom. The number of rotatable bonds is 4. The Kier molecular flexibility index (Phi) is 4.76. The number of hydrogen-bond donors (Lipinski definition) is 0. The van der Waals surface area contributed by atoms with Crippen LogP contribution in [0.5, 0.6) is 0 Å². The summed E-state index contributed by atoms with van der Waals surface area (Å²) in [7, 11) is 0. The highest BCUT2D eigenvalue weighted by atomic mass is 32.1. The van der Waals surface area contributed by atoms with Crippen molar-refractivity contribution in [1.29, 1.82) is 0 Å². The van der Waals surface area contributed by atoms with Gasteiger partial charge >= 0.3 is 0 Å². The number of piperidine rings is 1. The summed E-state index contributed by atoms with van der Waals surface area (Å²) in [5, 5.41) is 6.88. The van der Waals surface area contributed by atoms with E-state index >= 15 is 0 Å². The topological polar surface area (TPSA) is 59.2 Å². The molecule has 3 aromatic rings. The van der Waals surface area contributed by atoms with Crippen molar-refractivity contribution in [1.82, 2.24) is 15.0 Å². The molecular weight excluding hydrogens is 346 g/mol. The summed E-state index contributed by atoms with van der Waals surface area (Å²) in [6.07, 6.45) is 5.38. The molecule has 4 rings (SSSR count). The first-order valence-corrected chi connectivity index (χ1v) is 10.1. The maximum Gasteiger partial charge on any atom is 0.258 e. The molecule has 136 valence electrons. The van der Waals surface area contributed by atoms with E-state index in [-0.39, 0.29) is 5.91 Å². The van der Waals surface area contributed by atoms with E-state index < -0.39 is 0 Å². The van der Waals surface area contributed by atoms with Crippen LogP contribution >= 0.6 is 11.3 Å². The maximum atomic E-state index is 13.4. The van der Waals surface area contributed by atoms with Crippen molar-refractivity contribution in [2.45, 2.75) is 52.0 Å². The summed E-state index contributed by atoms with van der Waals surface area (Å²) in [5.41, 5.74) is 2.64. The quantitative estimate of drug-likeness (QED) is 0.678. The standard InChI is InChI=1S/C20H23N3O2S/c1-13-12-17(18-14(2)22-25-19(18)21-13)20(24)23-10-4-3-6-15(23)8-9-16-7-5-11-26-16/h5,7,11-12,15H,3-4,6,8-10H2,1-2H3. The molecule has 0 aliphatic carbocycles. The first-order valence-electron chi connectivity index (χ1n) is 9.20. The van der Waals surface area contributed by atoms with E-state index in [1.54, 1.807) is 11.3 Å². The Morgan fingerprint density at radius 1 is 1.38 bits per heavy atom. The van der Waals surface area contributed by atoms with Gasteiger partial charge in [-0.1, -0.05) is 11.2 Å². The first-order chi connectivity index (χ1) is 12.6. The molecule has 0 N–H and O–H groups in total. The molecule has 4 heterocycles. The fraction of sp³-hybridized carbons (Fsp3) is 0.450. The third-order valence-electron chi connectivity index (χ3n) is 5.17. The summed E-state index contributed by atoms with van der Waals surface area (Å²) in [4.78, 5) is 21.3. The van der Waals surface area contributed by atoms with Gasteiger partial charge in [0, 0.05) is 23.2 Å². The van der Waals surface area contributed by atoms with Gasteiger partial charge in [0.15, 0.2) is 0 Å². The van der Waals surface area contributed by atoms with E-state index in [9.17, 15) is 4.79 Å². The summed E-state index contributed by atoms with van der Waals surface area (Å²) >= 11 is 1.79. The van der Waals surface area contributed by atoms with Gasteiger partial charge in [0.25, 0.3) is 11.6 Å². The van der Waals surface area contributed by atoms with Gasteiger partial charge in [-0.25, -0.2) is 4.98 Å². The molecule has 0 aromatic carbocycles. The summed E-state index contributed by atoms with van der Waals surface area (Å²) < 4.78 is 5.30. The lowest BCUT2D eigenvalue weighted by Crippen LogP contribution is -2.44. The van der Waals surface area contributed by atoms with Crippen LogP contribution in [0.3, 0.4) is 0 Å². The lowest BCUT2D eigenvalue weighted by atomic mass is 9.96. The molecule has 6 heteroatoms. The third kappa shape index (κ3) is 3.26. The molecule has 1 aliphatic heterocycles. The van der Waals surface area contributed by atoms with E-state index in [4.69, 9.17) is 4.52 Å². The predicted octanol–water partition coefficient (Wildman–Crippen LogP) is 4.53. The minimum absolute atomic E-state index is 0.0858. The van der Waals surface area contributed by atoms with Crippen molar-refractivity contribution in [2.75, 3.05) is 6.54 Å². The monoisotopic (exact) mass is 369 g/mol. The number of pyridine rings is 1. The van der Waals surface area contributed by atoms with Crippen molar-refractivity contribution in [3.63, 3.8) is 0 Å². The van der Waals surface area contributed by atoms with E-state index in [0.717, 1.165) is 49.0 Å². The van der Waals surface area contributed by atoms with Gasteiger partial charge in [-0.2, -0.15) is 0 Å². The van der Waals surface area contributed by atoms with Gasteiger partial charge in [0.1, 0.15) is 0 Å². The SMILES string of the molecule is Cc1cc(C(=O)N2CCCCC2CCc2cccs2)c2c(C)noc2n1. The van der Waals surface area contributed by atoms with E-state index in [2.05, 4.69) is 32.6 Å². The Bertz CT molecular complexity index is 917. The highest BCUT2D eigenvalue weighted by Crippen LogP contribution is 2.28. The molecule has 1 atom stereocenters. The van der Waals surface area contributed by atoms with E-state index in [0.29, 0.717) is 17.3 Å². The van der Waals surface area contributed by atoms with Gasteiger partial charge in [0.2, 0.25) is 0 Å². The van der Waals surface area contributed by atoms with Crippen LogP contribution in [0.4, 0.5) is 0 Å². The summed E-state index contributed by atoms with van der Waals surface area (Å²) in [5.74, 6) is 0.0858. The van der Waals surface area contributed by atoms with Crippen LogP contribution in [0, 0.1) is 13.8 Å². The molecule has 0 spiro atoms. The minimum Gasteiger partial charge on any atom is -0.336 e. The molecule has 1 fully saturated rings. The van der Waals surface area contributed by atoms with Crippen LogP contribution in [-0.2, 0) is 6.42 Å². The van der Waals surface area contributed by atoms with Crippen LogP contribution in [-0.4, -0.2) is 33.5 Å². The molecule has 0 saturated carbocycles. The lowest BCUT2D eigenvalue weighted by Gasteiger charge is -2.36. The molecule has 0 radical (unpaired) electrons. The Hall–Kier alpha value is -2.21. The second-order valence-electron chi connectivity index (χ2n) is 7.03. The largest absolute Gasteiger partial charge is 0.336 e. The molecule has 26 heavy (non-hydrogen) atoms. The molecule has 0 bridgehead atoms. The second kappa shape index (κ2) is 7.19. The number of aromatic nitrogens is 2. The smallest absolute Gasteiger partial charge is 0.258 e. The van der Waals surface area contributed by atoms with Crippen molar-refractivity contribution >= 4 is 28.3 Å². The van der Waals surface area contributed by atoms with Gasteiger partial charge in [-0.3, -0.25) is 4.79 Å². The number of likely N-dealkylation sites (tertiary alicyclic amines) is 1. The Labute approximate surface area is 157 Å². The van der Waals surface area contributed by atoms with Crippen molar-refractivity contribution < 1.29 is 9.32 Å². The zero-order valence-electron chi connectivity index (χ0n) is 15.2. The molecule has 1 amide bonds. The maximum absolute atomic E-state index is 13.4. The molecule has 5 nitrogen and oxygen atoms in total. The Morgan fingerprint density at radius 2 is 2.27 bits per heavy atom. The zero-order chi connectivity index (χ0) is 18.1. The van der Waals surface area contributed by atoms with Crippen LogP contribution in [0.25, 0.3) is 11.1 Å². The highest BCUT2D eigenvalue weighted by Gasteiger charge is 2.29. The fourth-order valence-corrected chi connectivity index (χ4v) is 4.60. The normalized spacial score (nSPS) is 17.8. The first kappa shape index (κ1) is 17.2. The van der Waals surface area contributed by atoms with Crippen molar-refractivity contribution in [3.05, 3.63) is 45.4 Å². The molecule has 1 aliphatic rings. The van der Waals surface area contributed by atoms with Gasteiger partial charge in [-0.05, 0) is 63.5 Å². The molecular formula is C20H23N3O2S. The van der Waals surface area contributed by atoms with Crippen LogP contribution in [0.1, 0.15) is 52.3 Å². The average Bonchev–Trinajstić information content (AvgIpc) is 3.29. The number of carbonyl (C=O) groups is 1. The minimum atomic E-state index is 0.0858. The fourth-order valence-electron chi connectivity index (χ4n) is 3.87. The molecule has 1 unspecified atom stereocenters.